The minimum Gasteiger partial charge on any atom is -0.392 e. The summed E-state index contributed by atoms with van der Waals surface area (Å²) in [6.07, 6.45) is 11.2. The summed E-state index contributed by atoms with van der Waals surface area (Å²) in [7, 11) is 0. The fraction of sp³-hybridized carbons (Fsp3) is 0.875. The van der Waals surface area contributed by atoms with Crippen molar-refractivity contribution in [3.63, 3.8) is 0 Å². The Hall–Kier alpha value is -0.640. The lowest BCUT2D eigenvalue weighted by atomic mass is 9.79. The summed E-state index contributed by atoms with van der Waals surface area (Å²) >= 11 is 5.27. The second-order valence-electron chi connectivity index (χ2n) is 6.67. The van der Waals surface area contributed by atoms with Crippen LogP contribution < -0.4 is 11.1 Å². The molecule has 2 aliphatic carbocycles. The third-order valence-corrected chi connectivity index (χ3v) is 5.72. The largest absolute Gasteiger partial charge is 0.392 e. The van der Waals surface area contributed by atoms with Gasteiger partial charge >= 0.3 is 0 Å². The van der Waals surface area contributed by atoms with Crippen molar-refractivity contribution in [1.29, 1.82) is 0 Å². The van der Waals surface area contributed by atoms with Crippen LogP contribution in [0, 0.1) is 11.3 Å². The van der Waals surface area contributed by atoms with Crippen molar-refractivity contribution in [2.45, 2.75) is 77.2 Å². The first-order valence-corrected chi connectivity index (χ1v) is 8.58. The van der Waals surface area contributed by atoms with E-state index in [9.17, 15) is 4.79 Å². The number of carbonyl (C=O) groups is 1. The molecule has 114 valence electrons. The van der Waals surface area contributed by atoms with E-state index in [1.54, 1.807) is 0 Å². The SMILES string of the molecule is CC(NC(=O)C1(C(N)=S)CCCCCC1)C1CCCC1. The Balaban J connectivity index is 2.04. The number of hydrogen-bond donors (Lipinski definition) is 2. The molecule has 20 heavy (non-hydrogen) atoms. The third-order valence-electron chi connectivity index (χ3n) is 5.33. The number of nitrogens with two attached hydrogens (primary N) is 1. The molecule has 1 atom stereocenters. The van der Waals surface area contributed by atoms with Gasteiger partial charge in [-0.3, -0.25) is 4.79 Å². The van der Waals surface area contributed by atoms with Crippen LogP contribution in [-0.4, -0.2) is 16.9 Å². The molecule has 0 saturated heterocycles. The second kappa shape index (κ2) is 6.88. The standard InChI is InChI=1S/C16H28N2OS/c1-12(13-8-4-5-9-13)18-15(19)16(14(17)20)10-6-2-3-7-11-16/h12-13H,2-11H2,1H3,(H2,17,20)(H,18,19). The van der Waals surface area contributed by atoms with Crippen LogP contribution in [0.5, 0.6) is 0 Å². The molecule has 0 radical (unpaired) electrons. The van der Waals surface area contributed by atoms with Crippen LogP contribution in [0.2, 0.25) is 0 Å². The number of nitrogens with one attached hydrogen (secondary N) is 1. The molecule has 0 spiro atoms. The van der Waals surface area contributed by atoms with Crippen LogP contribution in [0.4, 0.5) is 0 Å². The average molecular weight is 296 g/mol. The maximum atomic E-state index is 12.8. The molecule has 1 amide bonds. The van der Waals surface area contributed by atoms with Gasteiger partial charge in [0.1, 0.15) is 0 Å². The Bertz CT molecular complexity index is 355. The van der Waals surface area contributed by atoms with Gasteiger partial charge in [-0.1, -0.05) is 50.7 Å². The Labute approximate surface area is 128 Å². The normalized spacial score (nSPS) is 24.9. The van der Waals surface area contributed by atoms with Gasteiger partial charge < -0.3 is 11.1 Å². The molecule has 0 aromatic heterocycles. The predicted molar refractivity (Wildman–Crippen MR) is 86.5 cm³/mol. The highest BCUT2D eigenvalue weighted by Crippen LogP contribution is 2.36. The molecule has 3 N–H and O–H groups in total. The van der Waals surface area contributed by atoms with E-state index in [2.05, 4.69) is 12.2 Å². The van der Waals surface area contributed by atoms with Crippen molar-refractivity contribution in [2.75, 3.05) is 0 Å². The predicted octanol–water partition coefficient (Wildman–Crippen LogP) is 3.31. The van der Waals surface area contributed by atoms with E-state index in [-0.39, 0.29) is 11.9 Å². The van der Waals surface area contributed by atoms with Crippen molar-refractivity contribution >= 4 is 23.1 Å². The fourth-order valence-electron chi connectivity index (χ4n) is 3.84. The van der Waals surface area contributed by atoms with Crippen LogP contribution in [0.3, 0.4) is 0 Å². The molecule has 0 aliphatic heterocycles. The van der Waals surface area contributed by atoms with Crippen LogP contribution in [0.1, 0.15) is 71.1 Å². The number of carbonyl (C=O) groups excluding carboxylic acids is 1. The van der Waals surface area contributed by atoms with E-state index in [4.69, 9.17) is 18.0 Å². The Kier molecular flexibility index (Phi) is 5.42. The Morgan fingerprint density at radius 1 is 1.15 bits per heavy atom. The van der Waals surface area contributed by atoms with Gasteiger partial charge in [0.05, 0.1) is 10.4 Å². The highest BCUT2D eigenvalue weighted by molar-refractivity contribution is 7.80. The molecule has 2 rings (SSSR count). The molecule has 0 aromatic rings. The molecule has 4 heteroatoms. The molecule has 2 saturated carbocycles. The van der Waals surface area contributed by atoms with Crippen LogP contribution in [0.25, 0.3) is 0 Å². The number of thiocarbonyl (C=S) groups is 1. The van der Waals surface area contributed by atoms with Gasteiger partial charge in [-0.2, -0.15) is 0 Å². The van der Waals surface area contributed by atoms with Gasteiger partial charge in [-0.25, -0.2) is 0 Å². The van der Waals surface area contributed by atoms with Crippen molar-refractivity contribution < 1.29 is 4.79 Å². The van der Waals surface area contributed by atoms with Gasteiger partial charge in [0, 0.05) is 6.04 Å². The van der Waals surface area contributed by atoms with Crippen molar-refractivity contribution in [1.82, 2.24) is 5.32 Å². The highest BCUT2D eigenvalue weighted by atomic mass is 32.1. The maximum Gasteiger partial charge on any atom is 0.233 e. The van der Waals surface area contributed by atoms with E-state index >= 15 is 0 Å². The van der Waals surface area contributed by atoms with Crippen LogP contribution >= 0.6 is 12.2 Å². The zero-order chi connectivity index (χ0) is 14.6. The fourth-order valence-corrected chi connectivity index (χ4v) is 4.13. The average Bonchev–Trinajstić information content (AvgIpc) is 2.82. The molecule has 0 heterocycles. The quantitative estimate of drug-likeness (QED) is 0.618. The topological polar surface area (TPSA) is 55.1 Å². The highest BCUT2D eigenvalue weighted by Gasteiger charge is 2.42. The zero-order valence-electron chi connectivity index (χ0n) is 12.6. The number of hydrogen-bond acceptors (Lipinski definition) is 2. The zero-order valence-corrected chi connectivity index (χ0v) is 13.4. The second-order valence-corrected chi connectivity index (χ2v) is 7.11. The van der Waals surface area contributed by atoms with E-state index in [0.717, 1.165) is 25.7 Å². The lowest BCUT2D eigenvalue weighted by Gasteiger charge is -2.33. The van der Waals surface area contributed by atoms with Gasteiger partial charge in [-0.05, 0) is 38.5 Å². The third kappa shape index (κ3) is 3.33. The first-order chi connectivity index (χ1) is 9.56. The minimum atomic E-state index is -0.585. The number of rotatable bonds is 4. The summed E-state index contributed by atoms with van der Waals surface area (Å²) in [6, 6.07) is 0.250. The summed E-state index contributed by atoms with van der Waals surface area (Å²) < 4.78 is 0. The lowest BCUT2D eigenvalue weighted by molar-refractivity contribution is -0.129. The summed E-state index contributed by atoms with van der Waals surface area (Å²) in [4.78, 5) is 13.2. The van der Waals surface area contributed by atoms with E-state index < -0.39 is 5.41 Å². The van der Waals surface area contributed by atoms with Crippen molar-refractivity contribution in [3.05, 3.63) is 0 Å². The molecule has 0 aromatic carbocycles. The Morgan fingerprint density at radius 3 is 2.20 bits per heavy atom. The first kappa shape index (κ1) is 15.7. The first-order valence-electron chi connectivity index (χ1n) is 8.17. The number of amides is 1. The van der Waals surface area contributed by atoms with Gasteiger partial charge in [0.2, 0.25) is 5.91 Å². The van der Waals surface area contributed by atoms with Gasteiger partial charge in [0.15, 0.2) is 0 Å². The molecule has 0 bridgehead atoms. The maximum absolute atomic E-state index is 12.8. The molecule has 2 aliphatic rings. The van der Waals surface area contributed by atoms with Crippen molar-refractivity contribution in [3.8, 4) is 0 Å². The van der Waals surface area contributed by atoms with Gasteiger partial charge in [0.25, 0.3) is 0 Å². The lowest BCUT2D eigenvalue weighted by Crippen LogP contribution is -2.52. The van der Waals surface area contributed by atoms with Crippen LogP contribution in [-0.2, 0) is 4.79 Å². The van der Waals surface area contributed by atoms with Crippen molar-refractivity contribution in [2.24, 2.45) is 17.1 Å². The van der Waals surface area contributed by atoms with E-state index in [1.165, 1.54) is 38.5 Å². The van der Waals surface area contributed by atoms with E-state index in [0.29, 0.717) is 10.9 Å². The molecule has 2 fully saturated rings. The molecule has 3 nitrogen and oxygen atoms in total. The summed E-state index contributed by atoms with van der Waals surface area (Å²) in [5.74, 6) is 0.722. The summed E-state index contributed by atoms with van der Waals surface area (Å²) in [5, 5.41) is 3.24. The summed E-state index contributed by atoms with van der Waals surface area (Å²) in [5.41, 5.74) is 5.39. The Morgan fingerprint density at radius 2 is 1.70 bits per heavy atom. The summed E-state index contributed by atoms with van der Waals surface area (Å²) in [6.45, 7) is 2.14. The minimum absolute atomic E-state index is 0.0892. The van der Waals surface area contributed by atoms with Gasteiger partial charge in [-0.15, -0.1) is 0 Å². The van der Waals surface area contributed by atoms with E-state index in [1.807, 2.05) is 0 Å². The molecular formula is C16H28N2OS. The smallest absolute Gasteiger partial charge is 0.233 e. The monoisotopic (exact) mass is 296 g/mol. The molecular weight excluding hydrogens is 268 g/mol. The van der Waals surface area contributed by atoms with Crippen LogP contribution in [0.15, 0.2) is 0 Å². The molecule has 1 unspecified atom stereocenters.